The van der Waals surface area contributed by atoms with Crippen LogP contribution in [0.25, 0.3) is 0 Å². The summed E-state index contributed by atoms with van der Waals surface area (Å²) in [6.45, 7) is 8.63. The van der Waals surface area contributed by atoms with Crippen LogP contribution in [-0.2, 0) is 14.6 Å². The van der Waals surface area contributed by atoms with Gasteiger partial charge in [-0.3, -0.25) is 4.90 Å². The zero-order valence-corrected chi connectivity index (χ0v) is 16.1. The standard InChI is InChI=1S/C17H23N3O3S2/c1-13-3-5-15(6-4-13)25(21,22)17-16(24-14(2)19-17)18-7-8-20-9-11-23-12-10-20/h3-6,18H,7-12H2,1-2H3. The second-order valence-corrected chi connectivity index (χ2v) is 9.13. The van der Waals surface area contributed by atoms with Crippen molar-refractivity contribution in [2.24, 2.45) is 0 Å². The zero-order valence-electron chi connectivity index (χ0n) is 14.5. The van der Waals surface area contributed by atoms with Gasteiger partial charge in [-0.2, -0.15) is 0 Å². The van der Waals surface area contributed by atoms with Crippen LogP contribution in [0.4, 0.5) is 5.00 Å². The number of hydrogen-bond donors (Lipinski definition) is 1. The average Bonchev–Trinajstić information content (AvgIpc) is 2.98. The number of aromatic nitrogens is 1. The number of ether oxygens (including phenoxy) is 1. The van der Waals surface area contributed by atoms with Crippen LogP contribution in [0.1, 0.15) is 10.6 Å². The highest BCUT2D eigenvalue weighted by molar-refractivity contribution is 7.91. The number of thiazole rings is 1. The topological polar surface area (TPSA) is 71.5 Å². The molecule has 1 N–H and O–H groups in total. The third kappa shape index (κ3) is 4.38. The van der Waals surface area contributed by atoms with Gasteiger partial charge < -0.3 is 10.1 Å². The molecule has 8 heteroatoms. The van der Waals surface area contributed by atoms with Crippen molar-refractivity contribution in [3.05, 3.63) is 34.8 Å². The number of rotatable bonds is 6. The van der Waals surface area contributed by atoms with Crippen molar-refractivity contribution in [2.45, 2.75) is 23.8 Å². The maximum Gasteiger partial charge on any atom is 0.226 e. The van der Waals surface area contributed by atoms with Gasteiger partial charge in [0.2, 0.25) is 9.84 Å². The fourth-order valence-electron chi connectivity index (χ4n) is 2.68. The van der Waals surface area contributed by atoms with E-state index in [2.05, 4.69) is 15.2 Å². The number of benzene rings is 1. The van der Waals surface area contributed by atoms with Gasteiger partial charge in [0.05, 0.1) is 23.1 Å². The summed E-state index contributed by atoms with van der Waals surface area (Å²) in [5.74, 6) is 0. The van der Waals surface area contributed by atoms with Gasteiger partial charge in [0, 0.05) is 26.2 Å². The highest BCUT2D eigenvalue weighted by Gasteiger charge is 2.25. The lowest BCUT2D eigenvalue weighted by molar-refractivity contribution is 0.0398. The molecule has 2 aromatic rings. The third-order valence-corrected chi connectivity index (χ3v) is 6.86. The highest BCUT2D eigenvalue weighted by Crippen LogP contribution is 2.32. The van der Waals surface area contributed by atoms with Crippen molar-refractivity contribution in [3.8, 4) is 0 Å². The minimum atomic E-state index is -3.62. The smallest absolute Gasteiger partial charge is 0.226 e. The summed E-state index contributed by atoms with van der Waals surface area (Å²) in [5, 5.41) is 4.74. The minimum absolute atomic E-state index is 0.126. The molecule has 136 valence electrons. The molecule has 6 nitrogen and oxygen atoms in total. The van der Waals surface area contributed by atoms with Gasteiger partial charge in [-0.25, -0.2) is 13.4 Å². The van der Waals surface area contributed by atoms with E-state index in [9.17, 15) is 8.42 Å². The lowest BCUT2D eigenvalue weighted by atomic mass is 10.2. The summed E-state index contributed by atoms with van der Waals surface area (Å²) < 4.78 is 31.2. The summed E-state index contributed by atoms with van der Waals surface area (Å²) in [6, 6.07) is 6.88. The molecule has 1 saturated heterocycles. The van der Waals surface area contributed by atoms with E-state index in [1.54, 1.807) is 24.3 Å². The Labute approximate surface area is 152 Å². The number of nitrogens with zero attached hydrogens (tertiary/aromatic N) is 2. The Morgan fingerprint density at radius 2 is 1.88 bits per heavy atom. The Morgan fingerprint density at radius 1 is 1.20 bits per heavy atom. The molecule has 1 fully saturated rings. The molecule has 1 aromatic heterocycles. The number of morpholine rings is 1. The molecule has 2 heterocycles. The summed E-state index contributed by atoms with van der Waals surface area (Å²) >= 11 is 1.38. The van der Waals surface area contributed by atoms with E-state index >= 15 is 0 Å². The van der Waals surface area contributed by atoms with Crippen LogP contribution in [0, 0.1) is 13.8 Å². The number of nitrogens with one attached hydrogen (secondary N) is 1. The van der Waals surface area contributed by atoms with Gasteiger partial charge in [0.25, 0.3) is 0 Å². The van der Waals surface area contributed by atoms with Crippen LogP contribution < -0.4 is 5.32 Å². The molecule has 0 spiro atoms. The summed E-state index contributed by atoms with van der Waals surface area (Å²) in [5.41, 5.74) is 1.03. The molecule has 1 aliphatic heterocycles. The van der Waals surface area contributed by atoms with Crippen LogP contribution in [0.2, 0.25) is 0 Å². The van der Waals surface area contributed by atoms with E-state index < -0.39 is 9.84 Å². The van der Waals surface area contributed by atoms with Gasteiger partial charge in [0.1, 0.15) is 5.00 Å². The summed E-state index contributed by atoms with van der Waals surface area (Å²) in [6.07, 6.45) is 0. The van der Waals surface area contributed by atoms with Crippen molar-refractivity contribution in [1.29, 1.82) is 0 Å². The first kappa shape index (κ1) is 18.3. The molecule has 1 aliphatic rings. The van der Waals surface area contributed by atoms with Crippen LogP contribution in [-0.4, -0.2) is 57.7 Å². The quantitative estimate of drug-likeness (QED) is 0.828. The molecule has 0 aliphatic carbocycles. The van der Waals surface area contributed by atoms with E-state index in [1.165, 1.54) is 11.3 Å². The van der Waals surface area contributed by atoms with Gasteiger partial charge in [0.15, 0.2) is 5.03 Å². The number of sulfone groups is 1. The first-order chi connectivity index (χ1) is 12.0. The van der Waals surface area contributed by atoms with Crippen LogP contribution in [0.15, 0.2) is 34.2 Å². The molecule has 25 heavy (non-hydrogen) atoms. The first-order valence-electron chi connectivity index (χ1n) is 8.30. The maximum absolute atomic E-state index is 12.9. The summed E-state index contributed by atoms with van der Waals surface area (Å²) in [7, 11) is -3.62. The maximum atomic E-state index is 12.9. The molecule has 0 saturated carbocycles. The molecule has 3 rings (SSSR count). The van der Waals surface area contributed by atoms with E-state index in [1.807, 2.05) is 13.8 Å². The van der Waals surface area contributed by atoms with Crippen molar-refractivity contribution in [2.75, 3.05) is 44.7 Å². The molecule has 0 bridgehead atoms. The predicted octanol–water partition coefficient (Wildman–Crippen LogP) is 2.34. The van der Waals surface area contributed by atoms with E-state index in [-0.39, 0.29) is 9.92 Å². The van der Waals surface area contributed by atoms with E-state index in [0.717, 1.165) is 43.4 Å². The molecule has 0 amide bonds. The number of anilines is 1. The molecule has 0 radical (unpaired) electrons. The van der Waals surface area contributed by atoms with E-state index in [0.29, 0.717) is 11.5 Å². The van der Waals surface area contributed by atoms with Crippen LogP contribution in [0.3, 0.4) is 0 Å². The second kappa shape index (κ2) is 7.82. The van der Waals surface area contributed by atoms with E-state index in [4.69, 9.17) is 4.74 Å². The van der Waals surface area contributed by atoms with Crippen molar-refractivity contribution < 1.29 is 13.2 Å². The van der Waals surface area contributed by atoms with Gasteiger partial charge >= 0.3 is 0 Å². The summed E-state index contributed by atoms with van der Waals surface area (Å²) in [4.78, 5) is 6.86. The first-order valence-corrected chi connectivity index (χ1v) is 10.6. The molecule has 0 unspecified atom stereocenters. The monoisotopic (exact) mass is 381 g/mol. The lowest BCUT2D eigenvalue weighted by Crippen LogP contribution is -2.39. The SMILES string of the molecule is Cc1ccc(S(=O)(=O)c2nc(C)sc2NCCN2CCOCC2)cc1. The largest absolute Gasteiger partial charge is 0.379 e. The molecular formula is C17H23N3O3S2. The van der Waals surface area contributed by atoms with Crippen molar-refractivity contribution >= 4 is 26.2 Å². The fraction of sp³-hybridized carbons (Fsp3) is 0.471. The predicted molar refractivity (Wildman–Crippen MR) is 99.2 cm³/mol. The molecule has 1 aromatic carbocycles. The zero-order chi connectivity index (χ0) is 17.9. The Bertz CT molecular complexity index is 810. The van der Waals surface area contributed by atoms with Gasteiger partial charge in [-0.05, 0) is 26.0 Å². The third-order valence-electron chi connectivity index (χ3n) is 4.11. The van der Waals surface area contributed by atoms with Crippen molar-refractivity contribution in [1.82, 2.24) is 9.88 Å². The van der Waals surface area contributed by atoms with Gasteiger partial charge in [-0.1, -0.05) is 17.7 Å². The van der Waals surface area contributed by atoms with Crippen LogP contribution >= 0.6 is 11.3 Å². The number of aryl methyl sites for hydroxylation is 2. The average molecular weight is 382 g/mol. The van der Waals surface area contributed by atoms with Crippen molar-refractivity contribution in [3.63, 3.8) is 0 Å². The lowest BCUT2D eigenvalue weighted by Gasteiger charge is -2.26. The Kier molecular flexibility index (Phi) is 5.73. The van der Waals surface area contributed by atoms with Gasteiger partial charge in [-0.15, -0.1) is 11.3 Å². The minimum Gasteiger partial charge on any atom is -0.379 e. The van der Waals surface area contributed by atoms with Crippen LogP contribution in [0.5, 0.6) is 0 Å². The Hall–Kier alpha value is -1.48. The Morgan fingerprint density at radius 3 is 2.56 bits per heavy atom. The number of hydrogen-bond acceptors (Lipinski definition) is 7. The fourth-order valence-corrected chi connectivity index (χ4v) is 5.23. The Balaban J connectivity index is 1.74. The molecule has 0 atom stereocenters. The molecular weight excluding hydrogens is 358 g/mol. The highest BCUT2D eigenvalue weighted by atomic mass is 32.2. The second-order valence-electron chi connectivity index (χ2n) is 6.06. The normalized spacial score (nSPS) is 16.1.